The summed E-state index contributed by atoms with van der Waals surface area (Å²) < 4.78 is 0. The summed E-state index contributed by atoms with van der Waals surface area (Å²) in [6.07, 6.45) is 1.58. The Labute approximate surface area is 121 Å². The first kappa shape index (κ1) is 14.3. The highest BCUT2D eigenvalue weighted by molar-refractivity contribution is 7.16. The van der Waals surface area contributed by atoms with Crippen LogP contribution in [0.1, 0.15) is 23.3 Å². The Morgan fingerprint density at radius 1 is 1.45 bits per heavy atom. The molecule has 0 spiro atoms. The van der Waals surface area contributed by atoms with E-state index >= 15 is 0 Å². The van der Waals surface area contributed by atoms with Crippen molar-refractivity contribution in [3.05, 3.63) is 47.0 Å². The highest BCUT2D eigenvalue weighted by Crippen LogP contribution is 2.21. The van der Waals surface area contributed by atoms with Gasteiger partial charge in [0.15, 0.2) is 5.13 Å². The Bertz CT molecular complexity index is 641. The molecule has 1 atom stereocenters. The van der Waals surface area contributed by atoms with Gasteiger partial charge in [-0.15, -0.1) is 0 Å². The number of nitrogens with zero attached hydrogens (tertiary/aromatic N) is 1. The Kier molecular flexibility index (Phi) is 4.88. The summed E-state index contributed by atoms with van der Waals surface area (Å²) in [5.74, 6) is 4.95. The van der Waals surface area contributed by atoms with Gasteiger partial charge in [-0.05, 0) is 12.5 Å². The molecule has 1 aromatic carbocycles. The zero-order chi connectivity index (χ0) is 14.4. The second kappa shape index (κ2) is 6.85. The van der Waals surface area contributed by atoms with Gasteiger partial charge in [-0.3, -0.25) is 4.79 Å². The van der Waals surface area contributed by atoms with Gasteiger partial charge in [0, 0.05) is 0 Å². The fourth-order valence-electron chi connectivity index (χ4n) is 1.62. The van der Waals surface area contributed by atoms with Gasteiger partial charge in [0.1, 0.15) is 6.61 Å². The lowest BCUT2D eigenvalue weighted by Crippen LogP contribution is -2.18. The number of benzene rings is 1. The van der Waals surface area contributed by atoms with Crippen LogP contribution in [-0.2, 0) is 4.79 Å². The third-order valence-corrected chi connectivity index (χ3v) is 3.55. The lowest BCUT2D eigenvalue weighted by molar-refractivity contribution is -0.117. The van der Waals surface area contributed by atoms with E-state index in [-0.39, 0.29) is 18.4 Å². The van der Waals surface area contributed by atoms with Crippen LogP contribution in [0, 0.1) is 11.8 Å². The molecule has 0 aliphatic heterocycles. The van der Waals surface area contributed by atoms with Crippen LogP contribution >= 0.6 is 11.3 Å². The molecule has 0 bridgehead atoms. The summed E-state index contributed by atoms with van der Waals surface area (Å²) in [5, 5.41) is 11.9. The molecule has 0 aliphatic carbocycles. The molecule has 0 radical (unpaired) electrons. The summed E-state index contributed by atoms with van der Waals surface area (Å²) in [6, 6.07) is 9.58. The third-order valence-electron chi connectivity index (χ3n) is 2.72. The quantitative estimate of drug-likeness (QED) is 0.851. The molecule has 102 valence electrons. The van der Waals surface area contributed by atoms with Crippen molar-refractivity contribution < 1.29 is 9.90 Å². The van der Waals surface area contributed by atoms with Crippen LogP contribution < -0.4 is 5.32 Å². The van der Waals surface area contributed by atoms with E-state index in [0.717, 1.165) is 5.56 Å². The Morgan fingerprint density at radius 2 is 2.20 bits per heavy atom. The molecule has 1 amide bonds. The van der Waals surface area contributed by atoms with Crippen molar-refractivity contribution >= 4 is 22.4 Å². The van der Waals surface area contributed by atoms with Gasteiger partial charge < -0.3 is 10.4 Å². The van der Waals surface area contributed by atoms with Crippen molar-refractivity contribution in [2.45, 2.75) is 12.8 Å². The number of hydrogen-bond donors (Lipinski definition) is 2. The smallest absolute Gasteiger partial charge is 0.233 e. The van der Waals surface area contributed by atoms with Crippen molar-refractivity contribution in [1.82, 2.24) is 4.98 Å². The van der Waals surface area contributed by atoms with E-state index in [1.165, 1.54) is 11.3 Å². The molecule has 5 heteroatoms. The first-order valence-electron chi connectivity index (χ1n) is 6.12. The molecule has 2 N–H and O–H groups in total. The van der Waals surface area contributed by atoms with Gasteiger partial charge in [-0.1, -0.05) is 53.5 Å². The normalized spacial score (nSPS) is 11.3. The molecule has 0 saturated carbocycles. The number of rotatable bonds is 3. The van der Waals surface area contributed by atoms with E-state index in [1.807, 2.05) is 37.3 Å². The largest absolute Gasteiger partial charge is 0.384 e. The average molecular weight is 286 g/mol. The van der Waals surface area contributed by atoms with Gasteiger partial charge in [-0.2, -0.15) is 0 Å². The number of thiazole rings is 1. The zero-order valence-electron chi connectivity index (χ0n) is 11.0. The molecule has 0 fully saturated rings. The third kappa shape index (κ3) is 3.67. The van der Waals surface area contributed by atoms with Crippen LogP contribution in [0.15, 0.2) is 36.5 Å². The topological polar surface area (TPSA) is 62.2 Å². The Balaban J connectivity index is 2.03. The highest BCUT2D eigenvalue weighted by atomic mass is 32.1. The number of aliphatic hydroxyl groups is 1. The summed E-state index contributed by atoms with van der Waals surface area (Å²) in [4.78, 5) is 16.9. The van der Waals surface area contributed by atoms with E-state index in [0.29, 0.717) is 10.0 Å². The van der Waals surface area contributed by atoms with E-state index < -0.39 is 0 Å². The minimum absolute atomic E-state index is 0.104. The van der Waals surface area contributed by atoms with Crippen LogP contribution in [0.25, 0.3) is 0 Å². The van der Waals surface area contributed by atoms with E-state index in [4.69, 9.17) is 5.11 Å². The lowest BCUT2D eigenvalue weighted by atomic mass is 10.0. The first-order valence-corrected chi connectivity index (χ1v) is 6.93. The minimum atomic E-state index is -0.243. The summed E-state index contributed by atoms with van der Waals surface area (Å²) in [5.41, 5.74) is 0.960. The fourth-order valence-corrected chi connectivity index (χ4v) is 2.32. The second-order valence-corrected chi connectivity index (χ2v) is 5.14. The maximum Gasteiger partial charge on any atom is 0.233 e. The van der Waals surface area contributed by atoms with Crippen LogP contribution in [0.5, 0.6) is 0 Å². The van der Waals surface area contributed by atoms with Crippen molar-refractivity contribution in [2.75, 3.05) is 11.9 Å². The summed E-state index contributed by atoms with van der Waals surface area (Å²) in [7, 11) is 0. The number of hydrogen-bond acceptors (Lipinski definition) is 4. The lowest BCUT2D eigenvalue weighted by Gasteiger charge is -2.10. The van der Waals surface area contributed by atoms with Gasteiger partial charge in [0.2, 0.25) is 5.91 Å². The Morgan fingerprint density at radius 3 is 2.90 bits per heavy atom. The predicted molar refractivity (Wildman–Crippen MR) is 79.6 cm³/mol. The maximum atomic E-state index is 12.1. The average Bonchev–Trinajstić information content (AvgIpc) is 2.92. The SMILES string of the molecule is CC(C(=O)Nc1ncc(C#CCO)s1)c1ccccc1. The molecule has 1 heterocycles. The molecule has 0 saturated heterocycles. The summed E-state index contributed by atoms with van der Waals surface area (Å²) in [6.45, 7) is 1.66. The van der Waals surface area contributed by atoms with Crippen LogP contribution in [0.4, 0.5) is 5.13 Å². The molecular formula is C15H14N2O2S. The van der Waals surface area contributed by atoms with Crippen LogP contribution in [0.3, 0.4) is 0 Å². The molecule has 1 unspecified atom stereocenters. The number of carbonyl (C=O) groups is 1. The van der Waals surface area contributed by atoms with Crippen molar-refractivity contribution in [3.63, 3.8) is 0 Å². The standard InChI is InChI=1S/C15H14N2O2S/c1-11(12-6-3-2-4-7-12)14(19)17-15-16-10-13(20-15)8-5-9-18/h2-4,6-7,10-11,18H,9H2,1H3,(H,16,17,19). The number of anilines is 1. The van der Waals surface area contributed by atoms with Crippen molar-refractivity contribution in [2.24, 2.45) is 0 Å². The molecule has 4 nitrogen and oxygen atoms in total. The number of carbonyl (C=O) groups excluding carboxylic acids is 1. The minimum Gasteiger partial charge on any atom is -0.384 e. The number of nitrogens with one attached hydrogen (secondary N) is 1. The van der Waals surface area contributed by atoms with Gasteiger partial charge in [0.05, 0.1) is 17.0 Å². The molecule has 1 aromatic heterocycles. The molecule has 20 heavy (non-hydrogen) atoms. The van der Waals surface area contributed by atoms with Crippen molar-refractivity contribution in [3.8, 4) is 11.8 Å². The molecule has 2 aromatic rings. The van der Waals surface area contributed by atoms with E-state index in [2.05, 4.69) is 22.1 Å². The molecular weight excluding hydrogens is 272 g/mol. The van der Waals surface area contributed by atoms with E-state index in [1.54, 1.807) is 6.20 Å². The highest BCUT2D eigenvalue weighted by Gasteiger charge is 2.16. The number of aliphatic hydroxyl groups excluding tert-OH is 1. The number of aromatic nitrogens is 1. The maximum absolute atomic E-state index is 12.1. The Hall–Kier alpha value is -2.16. The van der Waals surface area contributed by atoms with Gasteiger partial charge in [0.25, 0.3) is 0 Å². The van der Waals surface area contributed by atoms with Crippen LogP contribution in [0.2, 0.25) is 0 Å². The zero-order valence-corrected chi connectivity index (χ0v) is 11.8. The van der Waals surface area contributed by atoms with Gasteiger partial charge in [-0.25, -0.2) is 4.98 Å². The second-order valence-electron chi connectivity index (χ2n) is 4.11. The van der Waals surface area contributed by atoms with E-state index in [9.17, 15) is 4.79 Å². The monoisotopic (exact) mass is 286 g/mol. The predicted octanol–water partition coefficient (Wildman–Crippen LogP) is 2.23. The fraction of sp³-hybridized carbons (Fsp3) is 0.200. The van der Waals surface area contributed by atoms with Gasteiger partial charge >= 0.3 is 0 Å². The van der Waals surface area contributed by atoms with Crippen LogP contribution in [-0.4, -0.2) is 22.6 Å². The molecule has 2 rings (SSSR count). The first-order chi connectivity index (χ1) is 9.70. The van der Waals surface area contributed by atoms with Crippen molar-refractivity contribution in [1.29, 1.82) is 0 Å². The molecule has 0 aliphatic rings. The summed E-state index contributed by atoms with van der Waals surface area (Å²) >= 11 is 1.29. The number of amides is 1.